The van der Waals surface area contributed by atoms with Crippen molar-refractivity contribution in [1.82, 2.24) is 0 Å². The van der Waals surface area contributed by atoms with E-state index in [0.29, 0.717) is 5.56 Å². The van der Waals surface area contributed by atoms with Crippen molar-refractivity contribution < 1.29 is 19.3 Å². The van der Waals surface area contributed by atoms with E-state index < -0.39 is 16.6 Å². The molecule has 1 rings (SSSR count). The monoisotopic (exact) mass is 290 g/mol. The van der Waals surface area contributed by atoms with E-state index in [9.17, 15) is 14.9 Å². The van der Waals surface area contributed by atoms with Gasteiger partial charge in [-0.25, -0.2) is 0 Å². The first-order chi connectivity index (χ1) is 9.92. The Morgan fingerprint density at radius 3 is 2.33 bits per heavy atom. The molecule has 0 aliphatic rings. The van der Waals surface area contributed by atoms with Crippen molar-refractivity contribution in [3.63, 3.8) is 0 Å². The minimum Gasteiger partial charge on any atom is -0.398 e. The number of hydrogen-bond acceptors (Lipinski definition) is 5. The van der Waals surface area contributed by atoms with Gasteiger partial charge in [-0.05, 0) is 12.1 Å². The van der Waals surface area contributed by atoms with Gasteiger partial charge in [0.05, 0.1) is 4.92 Å². The van der Waals surface area contributed by atoms with Gasteiger partial charge in [0, 0.05) is 23.6 Å². The number of nitro benzene ring substituents is 1. The number of benzene rings is 1. The average Bonchev–Trinajstić information content (AvgIpc) is 2.46. The number of nitro groups is 1. The Kier molecular flexibility index (Phi) is 5.45. The van der Waals surface area contributed by atoms with Crippen molar-refractivity contribution in [2.45, 2.75) is 13.8 Å². The quantitative estimate of drug-likeness (QED) is 0.261. The van der Waals surface area contributed by atoms with Gasteiger partial charge in [0.15, 0.2) is 0 Å². The maximum absolute atomic E-state index is 12.0. The molecule has 110 valence electrons. The SMILES string of the molecule is CO/N=C(\C(=[N+]=[N-])C(=O)C(C)C)c1ccc([N+](=O)[O-])cc1. The topological polar surface area (TPSA) is 118 Å². The molecule has 8 heteroatoms. The van der Waals surface area contributed by atoms with E-state index in [1.807, 2.05) is 0 Å². The molecule has 0 N–H and O–H groups in total. The van der Waals surface area contributed by atoms with Crippen LogP contribution < -0.4 is 0 Å². The van der Waals surface area contributed by atoms with Gasteiger partial charge in [0.1, 0.15) is 7.11 Å². The summed E-state index contributed by atoms with van der Waals surface area (Å²) >= 11 is 0. The Hall–Kier alpha value is -2.86. The van der Waals surface area contributed by atoms with Crippen LogP contribution in [0.2, 0.25) is 0 Å². The zero-order chi connectivity index (χ0) is 16.0. The number of hydrogen-bond donors (Lipinski definition) is 0. The Labute approximate surface area is 120 Å². The lowest BCUT2D eigenvalue weighted by molar-refractivity contribution is -0.384. The molecule has 0 aliphatic carbocycles. The fraction of sp³-hybridized carbons (Fsp3) is 0.308. The maximum atomic E-state index is 12.0. The molecule has 21 heavy (non-hydrogen) atoms. The lowest BCUT2D eigenvalue weighted by atomic mass is 9.97. The van der Waals surface area contributed by atoms with Crippen LogP contribution in [0.15, 0.2) is 29.4 Å². The highest BCUT2D eigenvalue weighted by atomic mass is 16.6. The van der Waals surface area contributed by atoms with Gasteiger partial charge in [-0.2, -0.15) is 4.79 Å². The normalized spacial score (nSPS) is 11.0. The summed E-state index contributed by atoms with van der Waals surface area (Å²) in [5, 5.41) is 14.3. The number of Topliss-reactive ketones (excluding diaryl/α,β-unsaturated/α-hetero) is 1. The summed E-state index contributed by atoms with van der Waals surface area (Å²) in [4.78, 5) is 29.7. The van der Waals surface area contributed by atoms with E-state index >= 15 is 0 Å². The molecule has 0 saturated carbocycles. The predicted molar refractivity (Wildman–Crippen MR) is 75.1 cm³/mol. The van der Waals surface area contributed by atoms with Crippen molar-refractivity contribution in [1.29, 1.82) is 0 Å². The van der Waals surface area contributed by atoms with Gasteiger partial charge >= 0.3 is 5.71 Å². The summed E-state index contributed by atoms with van der Waals surface area (Å²) in [6.07, 6.45) is 0. The largest absolute Gasteiger partial charge is 0.398 e. The van der Waals surface area contributed by atoms with Crippen molar-refractivity contribution >= 4 is 22.9 Å². The summed E-state index contributed by atoms with van der Waals surface area (Å²) in [6.45, 7) is 3.29. The second kappa shape index (κ2) is 7.06. The van der Waals surface area contributed by atoms with Crippen LogP contribution in [0.5, 0.6) is 0 Å². The summed E-state index contributed by atoms with van der Waals surface area (Å²) in [7, 11) is 1.28. The van der Waals surface area contributed by atoms with Crippen LogP contribution in [-0.4, -0.2) is 34.0 Å². The highest BCUT2D eigenvalue weighted by Crippen LogP contribution is 2.14. The van der Waals surface area contributed by atoms with Crippen molar-refractivity contribution in [2.75, 3.05) is 7.11 Å². The summed E-state index contributed by atoms with van der Waals surface area (Å²) in [5.74, 6) is -0.831. The van der Waals surface area contributed by atoms with Crippen LogP contribution in [0.1, 0.15) is 19.4 Å². The smallest absolute Gasteiger partial charge is 0.387 e. The molecular formula is C13H14N4O4. The maximum Gasteiger partial charge on any atom is 0.387 e. The molecule has 0 fully saturated rings. The lowest BCUT2D eigenvalue weighted by Crippen LogP contribution is -2.30. The molecule has 0 saturated heterocycles. The number of nitrogens with zero attached hydrogens (tertiary/aromatic N) is 4. The van der Waals surface area contributed by atoms with Gasteiger partial charge in [-0.1, -0.05) is 19.0 Å². The van der Waals surface area contributed by atoms with Crippen LogP contribution >= 0.6 is 0 Å². The number of carbonyl (C=O) groups is 1. The van der Waals surface area contributed by atoms with Crippen molar-refractivity contribution in [2.24, 2.45) is 11.1 Å². The van der Waals surface area contributed by atoms with Crippen molar-refractivity contribution in [3.05, 3.63) is 45.5 Å². The summed E-state index contributed by atoms with van der Waals surface area (Å²) < 4.78 is 0. The second-order valence-corrected chi connectivity index (χ2v) is 4.39. The Balaban J connectivity index is 3.30. The number of oxime groups is 1. The van der Waals surface area contributed by atoms with Gasteiger partial charge < -0.3 is 10.4 Å². The molecule has 1 aromatic rings. The summed E-state index contributed by atoms with van der Waals surface area (Å²) in [6, 6.07) is 5.31. The average molecular weight is 290 g/mol. The molecule has 0 bridgehead atoms. The number of carbonyl (C=O) groups excluding carboxylic acids is 1. The third-order valence-electron chi connectivity index (χ3n) is 2.62. The standard InChI is InChI=1S/C13H14N4O4/c1-8(2)13(18)12(15-14)11(16-21-3)9-4-6-10(7-5-9)17(19)20/h4-8H,1-3H3/b16-11-. The van der Waals surface area contributed by atoms with Crippen LogP contribution in [0, 0.1) is 16.0 Å². The Morgan fingerprint density at radius 1 is 1.38 bits per heavy atom. The predicted octanol–water partition coefficient (Wildman–Crippen LogP) is 1.84. The molecule has 0 atom stereocenters. The van der Waals surface area contributed by atoms with E-state index in [1.54, 1.807) is 13.8 Å². The van der Waals surface area contributed by atoms with Crippen LogP contribution in [-0.2, 0) is 9.63 Å². The van der Waals surface area contributed by atoms with Crippen LogP contribution in [0.4, 0.5) is 5.69 Å². The fourth-order valence-electron chi connectivity index (χ4n) is 1.55. The van der Waals surface area contributed by atoms with Crippen LogP contribution in [0.3, 0.4) is 0 Å². The molecule has 1 aromatic carbocycles. The minimum absolute atomic E-state index is 0.00796. The highest BCUT2D eigenvalue weighted by molar-refractivity contribution is 6.68. The zero-order valence-electron chi connectivity index (χ0n) is 11.8. The molecule has 0 unspecified atom stereocenters. The van der Waals surface area contributed by atoms with E-state index in [1.165, 1.54) is 31.4 Å². The van der Waals surface area contributed by atoms with Gasteiger partial charge in [0.25, 0.3) is 5.69 Å². The first-order valence-electron chi connectivity index (χ1n) is 6.05. The Bertz CT molecular complexity index is 628. The Morgan fingerprint density at radius 2 is 1.95 bits per heavy atom. The van der Waals surface area contributed by atoms with Gasteiger partial charge in [-0.15, -0.1) is 0 Å². The lowest BCUT2D eigenvalue weighted by Gasteiger charge is -2.03. The molecule has 0 heterocycles. The van der Waals surface area contributed by atoms with E-state index in [0.717, 1.165) is 0 Å². The molecule has 8 nitrogen and oxygen atoms in total. The van der Waals surface area contributed by atoms with Gasteiger partial charge in [0.2, 0.25) is 11.5 Å². The van der Waals surface area contributed by atoms with Crippen LogP contribution in [0.25, 0.3) is 5.53 Å². The number of non-ortho nitro benzene ring substituents is 1. The minimum atomic E-state index is -0.544. The van der Waals surface area contributed by atoms with E-state index in [2.05, 4.69) is 14.8 Å². The zero-order valence-corrected chi connectivity index (χ0v) is 11.8. The number of ketones is 1. The highest BCUT2D eigenvalue weighted by Gasteiger charge is 2.31. The molecular weight excluding hydrogens is 276 g/mol. The first kappa shape index (κ1) is 16.2. The number of rotatable bonds is 6. The molecule has 0 radical (unpaired) electrons. The van der Waals surface area contributed by atoms with Crippen molar-refractivity contribution in [3.8, 4) is 0 Å². The second-order valence-electron chi connectivity index (χ2n) is 4.39. The fourth-order valence-corrected chi connectivity index (χ4v) is 1.55. The molecule has 0 amide bonds. The first-order valence-corrected chi connectivity index (χ1v) is 6.05. The molecule has 0 aromatic heterocycles. The third-order valence-corrected chi connectivity index (χ3v) is 2.62. The summed E-state index contributed by atoms with van der Waals surface area (Å²) in [5.41, 5.74) is 9.08. The molecule has 0 aliphatic heterocycles. The van der Waals surface area contributed by atoms with Gasteiger partial charge in [-0.3, -0.25) is 14.9 Å². The molecule has 0 spiro atoms. The van der Waals surface area contributed by atoms with E-state index in [-0.39, 0.29) is 17.1 Å². The van der Waals surface area contributed by atoms with E-state index in [4.69, 9.17) is 5.53 Å². The third kappa shape index (κ3) is 3.80.